The maximum atomic E-state index is 12.3. The number of aromatic nitrogens is 1. The Balaban J connectivity index is 1.66. The normalized spacial score (nSPS) is 18.3. The highest BCUT2D eigenvalue weighted by atomic mass is 35.5. The van der Waals surface area contributed by atoms with Crippen LogP contribution in [0.1, 0.15) is 24.6 Å². The lowest BCUT2D eigenvalue weighted by Gasteiger charge is -2.23. The zero-order valence-electron chi connectivity index (χ0n) is 12.3. The van der Waals surface area contributed by atoms with E-state index in [4.69, 9.17) is 34.8 Å². The molecule has 4 nitrogen and oxygen atoms in total. The first-order valence-corrected chi connectivity index (χ1v) is 8.49. The Labute approximate surface area is 149 Å². The highest BCUT2D eigenvalue weighted by Crippen LogP contribution is 2.33. The second-order valence-corrected chi connectivity index (χ2v) is 6.77. The number of hydrogen-bond acceptors (Lipinski definition) is 2. The van der Waals surface area contributed by atoms with E-state index in [1.165, 1.54) is 6.07 Å². The number of anilines is 1. The fourth-order valence-electron chi connectivity index (χ4n) is 2.91. The number of carbonyl (C=O) groups is 1. The Morgan fingerprint density at radius 2 is 2.04 bits per heavy atom. The summed E-state index contributed by atoms with van der Waals surface area (Å²) >= 11 is 18.0. The van der Waals surface area contributed by atoms with E-state index in [0.717, 1.165) is 25.1 Å². The van der Waals surface area contributed by atoms with Gasteiger partial charge in [0.05, 0.1) is 33.3 Å². The number of H-pyrrole nitrogens is 1. The zero-order chi connectivity index (χ0) is 16.4. The molecule has 1 saturated heterocycles. The van der Waals surface area contributed by atoms with Crippen LogP contribution in [0.4, 0.5) is 5.69 Å². The summed E-state index contributed by atoms with van der Waals surface area (Å²) in [5.41, 5.74) is 1.62. The molecule has 1 fully saturated rings. The molecule has 0 radical (unpaired) electrons. The lowest BCUT2D eigenvalue weighted by Crippen LogP contribution is -2.33. The van der Waals surface area contributed by atoms with Gasteiger partial charge in [0.25, 0.3) is 0 Å². The van der Waals surface area contributed by atoms with E-state index in [9.17, 15) is 4.79 Å². The van der Waals surface area contributed by atoms with Gasteiger partial charge in [0.1, 0.15) is 0 Å². The Bertz CT molecular complexity index is 703. The molecule has 3 rings (SSSR count). The van der Waals surface area contributed by atoms with Crippen molar-refractivity contribution in [3.05, 3.63) is 51.2 Å². The molecule has 23 heavy (non-hydrogen) atoms. The summed E-state index contributed by atoms with van der Waals surface area (Å²) in [6.45, 7) is 1.20. The van der Waals surface area contributed by atoms with Crippen molar-refractivity contribution in [1.82, 2.24) is 9.88 Å². The van der Waals surface area contributed by atoms with Crippen LogP contribution in [0, 0.1) is 0 Å². The third-order valence-corrected chi connectivity index (χ3v) is 5.01. The van der Waals surface area contributed by atoms with Crippen LogP contribution >= 0.6 is 34.8 Å². The van der Waals surface area contributed by atoms with Gasteiger partial charge >= 0.3 is 0 Å². The van der Waals surface area contributed by atoms with Crippen molar-refractivity contribution < 1.29 is 4.79 Å². The molecule has 0 aliphatic carbocycles. The largest absolute Gasteiger partial charge is 0.364 e. The number of likely N-dealkylation sites (tertiary alicyclic amines) is 1. The van der Waals surface area contributed by atoms with E-state index in [1.807, 2.05) is 12.3 Å². The van der Waals surface area contributed by atoms with Crippen molar-refractivity contribution in [2.45, 2.75) is 18.9 Å². The molecule has 2 aromatic rings. The first-order valence-electron chi connectivity index (χ1n) is 7.36. The summed E-state index contributed by atoms with van der Waals surface area (Å²) in [7, 11) is 0. The van der Waals surface area contributed by atoms with Gasteiger partial charge < -0.3 is 10.3 Å². The molecule has 1 aliphatic heterocycles. The SMILES string of the molecule is O=C(CN1CCCC1c1ccc[nH]1)Nc1cc(Cl)c(Cl)cc1Cl. The van der Waals surface area contributed by atoms with Gasteiger partial charge in [0, 0.05) is 11.9 Å². The lowest BCUT2D eigenvalue weighted by molar-refractivity contribution is -0.117. The number of carbonyl (C=O) groups excluding carboxylic acids is 1. The number of halogens is 3. The van der Waals surface area contributed by atoms with Gasteiger partial charge in [-0.25, -0.2) is 0 Å². The molecule has 1 amide bonds. The minimum atomic E-state index is -0.122. The summed E-state index contributed by atoms with van der Waals surface area (Å²) in [6, 6.07) is 7.37. The number of nitrogens with one attached hydrogen (secondary N) is 2. The first kappa shape index (κ1) is 16.7. The molecule has 1 aliphatic rings. The van der Waals surface area contributed by atoms with E-state index in [0.29, 0.717) is 27.3 Å². The fourth-order valence-corrected chi connectivity index (χ4v) is 3.51. The van der Waals surface area contributed by atoms with Crippen molar-refractivity contribution >= 4 is 46.4 Å². The van der Waals surface area contributed by atoms with Gasteiger partial charge in [-0.05, 0) is 43.7 Å². The molecule has 1 atom stereocenters. The molecular formula is C16H16Cl3N3O. The lowest BCUT2D eigenvalue weighted by atomic mass is 10.1. The zero-order valence-corrected chi connectivity index (χ0v) is 14.5. The van der Waals surface area contributed by atoms with Gasteiger partial charge in [-0.2, -0.15) is 0 Å². The fraction of sp³-hybridized carbons (Fsp3) is 0.312. The predicted molar refractivity (Wildman–Crippen MR) is 94.4 cm³/mol. The minimum Gasteiger partial charge on any atom is -0.364 e. The summed E-state index contributed by atoms with van der Waals surface area (Å²) in [5, 5.41) is 3.90. The average Bonchev–Trinajstić information content (AvgIpc) is 3.15. The third-order valence-electron chi connectivity index (χ3n) is 3.98. The molecule has 0 saturated carbocycles. The highest BCUT2D eigenvalue weighted by molar-refractivity contribution is 6.44. The average molecular weight is 373 g/mol. The van der Waals surface area contributed by atoms with Gasteiger partial charge in [-0.3, -0.25) is 9.69 Å². The van der Waals surface area contributed by atoms with Crippen molar-refractivity contribution in [2.75, 3.05) is 18.4 Å². The second-order valence-electron chi connectivity index (χ2n) is 5.55. The monoisotopic (exact) mass is 371 g/mol. The minimum absolute atomic E-state index is 0.122. The van der Waals surface area contributed by atoms with Gasteiger partial charge in [-0.1, -0.05) is 34.8 Å². The van der Waals surface area contributed by atoms with Gasteiger partial charge in [-0.15, -0.1) is 0 Å². The third kappa shape index (κ3) is 3.83. The smallest absolute Gasteiger partial charge is 0.238 e. The molecule has 2 N–H and O–H groups in total. The van der Waals surface area contributed by atoms with Crippen LogP contribution in [0.2, 0.25) is 15.1 Å². The van der Waals surface area contributed by atoms with Crippen molar-refractivity contribution in [3.63, 3.8) is 0 Å². The molecule has 7 heteroatoms. The number of hydrogen-bond donors (Lipinski definition) is 2. The van der Waals surface area contributed by atoms with Crippen molar-refractivity contribution in [3.8, 4) is 0 Å². The van der Waals surface area contributed by atoms with E-state index in [2.05, 4.69) is 21.3 Å². The summed E-state index contributed by atoms with van der Waals surface area (Å²) < 4.78 is 0. The number of rotatable bonds is 4. The van der Waals surface area contributed by atoms with Crippen LogP contribution in [0.25, 0.3) is 0 Å². The highest BCUT2D eigenvalue weighted by Gasteiger charge is 2.28. The van der Waals surface area contributed by atoms with Crippen LogP contribution in [0.5, 0.6) is 0 Å². The summed E-state index contributed by atoms with van der Waals surface area (Å²) in [5.74, 6) is -0.122. The van der Waals surface area contributed by atoms with Crippen LogP contribution in [-0.2, 0) is 4.79 Å². The number of aromatic amines is 1. The van der Waals surface area contributed by atoms with Crippen LogP contribution < -0.4 is 5.32 Å². The standard InChI is InChI=1S/C16H16Cl3N3O/c17-10-7-12(19)14(8-11(10)18)21-16(23)9-22-6-2-4-15(22)13-3-1-5-20-13/h1,3,5,7-8,15,20H,2,4,6,9H2,(H,21,23). The second kappa shape index (κ2) is 7.14. The summed E-state index contributed by atoms with van der Waals surface area (Å²) in [4.78, 5) is 17.7. The van der Waals surface area contributed by atoms with Gasteiger partial charge in [0.15, 0.2) is 0 Å². The Kier molecular flexibility index (Phi) is 5.17. The van der Waals surface area contributed by atoms with E-state index < -0.39 is 0 Å². The van der Waals surface area contributed by atoms with Gasteiger partial charge in [0.2, 0.25) is 5.91 Å². The van der Waals surface area contributed by atoms with Crippen molar-refractivity contribution in [2.24, 2.45) is 0 Å². The maximum absolute atomic E-state index is 12.3. The Morgan fingerprint density at radius 1 is 1.26 bits per heavy atom. The van der Waals surface area contributed by atoms with Crippen LogP contribution in [-0.4, -0.2) is 28.9 Å². The summed E-state index contributed by atoms with van der Waals surface area (Å²) in [6.07, 6.45) is 4.02. The molecular weight excluding hydrogens is 357 g/mol. The molecule has 1 aromatic carbocycles. The number of nitrogens with zero attached hydrogens (tertiary/aromatic N) is 1. The maximum Gasteiger partial charge on any atom is 0.238 e. The first-order chi connectivity index (χ1) is 11.0. The predicted octanol–water partition coefficient (Wildman–Crippen LogP) is 4.75. The molecule has 1 unspecified atom stereocenters. The van der Waals surface area contributed by atoms with Crippen LogP contribution in [0.3, 0.4) is 0 Å². The van der Waals surface area contributed by atoms with E-state index >= 15 is 0 Å². The molecule has 2 heterocycles. The quantitative estimate of drug-likeness (QED) is 0.761. The molecule has 1 aromatic heterocycles. The van der Waals surface area contributed by atoms with E-state index in [-0.39, 0.29) is 11.9 Å². The number of amides is 1. The number of benzene rings is 1. The Morgan fingerprint density at radius 3 is 2.78 bits per heavy atom. The molecule has 0 spiro atoms. The van der Waals surface area contributed by atoms with Crippen LogP contribution in [0.15, 0.2) is 30.5 Å². The van der Waals surface area contributed by atoms with E-state index in [1.54, 1.807) is 6.07 Å². The van der Waals surface area contributed by atoms with Crippen molar-refractivity contribution in [1.29, 1.82) is 0 Å². The molecule has 0 bridgehead atoms. The topological polar surface area (TPSA) is 48.1 Å². The Hall–Kier alpha value is -1.20. The molecule has 122 valence electrons.